The smallest absolute Gasteiger partial charge is 0.265 e. The zero-order chi connectivity index (χ0) is 25.4. The molecule has 0 radical (unpaired) electrons. The second-order valence-corrected chi connectivity index (χ2v) is 10.6. The van der Waals surface area contributed by atoms with E-state index in [2.05, 4.69) is 15.1 Å². The summed E-state index contributed by atoms with van der Waals surface area (Å²) in [5.74, 6) is -1.35. The van der Waals surface area contributed by atoms with E-state index < -0.39 is 21.7 Å². The Kier molecular flexibility index (Phi) is 6.02. The van der Waals surface area contributed by atoms with E-state index in [9.17, 15) is 22.0 Å². The maximum absolute atomic E-state index is 13.3. The summed E-state index contributed by atoms with van der Waals surface area (Å²) in [6.07, 6.45) is 0. The van der Waals surface area contributed by atoms with Gasteiger partial charge in [-0.05, 0) is 73.7 Å². The van der Waals surface area contributed by atoms with Gasteiger partial charge in [0.2, 0.25) is 0 Å². The Morgan fingerprint density at radius 3 is 2.19 bits per heavy atom. The van der Waals surface area contributed by atoms with Crippen LogP contribution in [0, 0.1) is 18.6 Å². The monoisotopic (exact) mass is 524 g/mol. The number of carbonyl (C=O) groups is 1. The van der Waals surface area contributed by atoms with E-state index in [4.69, 9.17) is 0 Å². The lowest BCUT2D eigenvalue weighted by Crippen LogP contribution is -2.16. The Morgan fingerprint density at radius 2 is 1.53 bits per heavy atom. The normalized spacial score (nSPS) is 11.5. The van der Waals surface area contributed by atoms with Crippen LogP contribution in [0.5, 0.6) is 0 Å². The fraction of sp³-hybridized carbons (Fsp3) is 0.0400. The van der Waals surface area contributed by atoms with Gasteiger partial charge in [-0.25, -0.2) is 21.9 Å². The SMILES string of the molecule is Cc1nn(-c2ccc(F)cc2)c2sc(C(=O)Nc3ccccc3NS(=O)(=O)c3ccc(F)cc3)cc12. The van der Waals surface area contributed by atoms with Crippen molar-refractivity contribution in [1.82, 2.24) is 9.78 Å². The molecule has 36 heavy (non-hydrogen) atoms. The largest absolute Gasteiger partial charge is 0.319 e. The summed E-state index contributed by atoms with van der Waals surface area (Å²) in [5, 5.41) is 8.03. The van der Waals surface area contributed by atoms with E-state index in [0.29, 0.717) is 16.3 Å². The Hall–Kier alpha value is -4.09. The third-order valence-corrected chi connectivity index (χ3v) is 7.87. The van der Waals surface area contributed by atoms with Crippen molar-refractivity contribution in [1.29, 1.82) is 0 Å². The second kappa shape index (κ2) is 9.17. The van der Waals surface area contributed by atoms with Crippen LogP contribution in [0.15, 0.2) is 83.8 Å². The molecule has 5 aromatic rings. The van der Waals surface area contributed by atoms with Gasteiger partial charge in [-0.3, -0.25) is 9.52 Å². The highest BCUT2D eigenvalue weighted by Crippen LogP contribution is 2.32. The number of benzene rings is 3. The molecule has 5 rings (SSSR count). The van der Waals surface area contributed by atoms with E-state index in [1.165, 1.54) is 29.5 Å². The maximum atomic E-state index is 13.3. The number of thiophene rings is 1. The van der Waals surface area contributed by atoms with E-state index in [0.717, 1.165) is 34.5 Å². The number of amides is 1. The molecule has 0 atom stereocenters. The number of para-hydroxylation sites is 2. The van der Waals surface area contributed by atoms with Crippen molar-refractivity contribution in [3.05, 3.63) is 101 Å². The van der Waals surface area contributed by atoms with Crippen molar-refractivity contribution >= 4 is 48.9 Å². The fourth-order valence-electron chi connectivity index (χ4n) is 3.60. The lowest BCUT2D eigenvalue weighted by Gasteiger charge is -2.13. The van der Waals surface area contributed by atoms with E-state index in [1.807, 2.05) is 6.92 Å². The number of nitrogens with one attached hydrogen (secondary N) is 2. The predicted molar refractivity (Wildman–Crippen MR) is 135 cm³/mol. The first-order valence-electron chi connectivity index (χ1n) is 10.7. The van der Waals surface area contributed by atoms with Crippen LogP contribution >= 0.6 is 11.3 Å². The molecule has 182 valence electrons. The molecule has 3 aromatic carbocycles. The zero-order valence-electron chi connectivity index (χ0n) is 18.7. The molecule has 2 N–H and O–H groups in total. The molecule has 1 amide bonds. The minimum absolute atomic E-state index is 0.115. The highest BCUT2D eigenvalue weighted by Gasteiger charge is 2.20. The number of fused-ring (bicyclic) bond motifs is 1. The lowest BCUT2D eigenvalue weighted by molar-refractivity contribution is 0.103. The van der Waals surface area contributed by atoms with Crippen molar-refractivity contribution in [3.8, 4) is 5.69 Å². The zero-order valence-corrected chi connectivity index (χ0v) is 20.3. The number of aryl methyl sites for hydroxylation is 1. The van der Waals surface area contributed by atoms with Crippen molar-refractivity contribution in [2.75, 3.05) is 10.0 Å². The third-order valence-electron chi connectivity index (χ3n) is 5.38. The van der Waals surface area contributed by atoms with E-state index in [1.54, 1.807) is 41.1 Å². The van der Waals surface area contributed by atoms with Gasteiger partial charge in [0.1, 0.15) is 16.5 Å². The van der Waals surface area contributed by atoms with E-state index >= 15 is 0 Å². The number of nitrogens with zero attached hydrogens (tertiary/aromatic N) is 2. The topological polar surface area (TPSA) is 93.1 Å². The molecule has 0 fully saturated rings. The number of sulfonamides is 1. The Balaban J connectivity index is 1.42. The molecule has 0 saturated heterocycles. The summed E-state index contributed by atoms with van der Waals surface area (Å²) in [6, 6.07) is 18.4. The highest BCUT2D eigenvalue weighted by molar-refractivity contribution is 7.92. The number of carbonyl (C=O) groups excluding carboxylic acids is 1. The number of hydrogen-bond donors (Lipinski definition) is 2. The third kappa shape index (κ3) is 4.58. The summed E-state index contributed by atoms with van der Waals surface area (Å²) in [5.41, 5.74) is 1.77. The average Bonchev–Trinajstić information content (AvgIpc) is 3.42. The average molecular weight is 525 g/mol. The summed E-state index contributed by atoms with van der Waals surface area (Å²) in [7, 11) is -4.01. The summed E-state index contributed by atoms with van der Waals surface area (Å²) >= 11 is 1.21. The molecule has 0 aliphatic rings. The molecule has 11 heteroatoms. The van der Waals surface area contributed by atoms with Crippen LogP contribution in [0.3, 0.4) is 0 Å². The molecule has 2 aromatic heterocycles. The van der Waals surface area contributed by atoms with Gasteiger partial charge >= 0.3 is 0 Å². The molecule has 2 heterocycles. The molecule has 0 bridgehead atoms. The molecule has 0 spiro atoms. The van der Waals surface area contributed by atoms with Gasteiger partial charge in [-0.2, -0.15) is 5.10 Å². The maximum Gasteiger partial charge on any atom is 0.265 e. The molecular weight excluding hydrogens is 506 g/mol. The first-order chi connectivity index (χ1) is 17.2. The molecule has 0 saturated carbocycles. The van der Waals surface area contributed by atoms with Crippen LogP contribution in [-0.2, 0) is 10.0 Å². The summed E-state index contributed by atoms with van der Waals surface area (Å²) < 4.78 is 56.2. The Bertz CT molecular complexity index is 1690. The standard InChI is InChI=1S/C25H18F2N4O3S2/c1-15-20-14-23(35-25(20)31(29-15)18-10-6-16(26)7-11-18)24(32)28-21-4-2-3-5-22(21)30-36(33,34)19-12-8-17(27)9-13-19/h2-14,30H,1H3,(H,28,32). The van der Waals surface area contributed by atoms with Crippen molar-refractivity contribution in [3.63, 3.8) is 0 Å². The predicted octanol–water partition coefficient (Wildman–Crippen LogP) is 5.73. The minimum atomic E-state index is -4.01. The second-order valence-electron chi connectivity index (χ2n) is 7.86. The number of anilines is 2. The van der Waals surface area contributed by atoms with Crippen molar-refractivity contribution < 1.29 is 22.0 Å². The number of hydrogen-bond acceptors (Lipinski definition) is 5. The number of aromatic nitrogens is 2. The van der Waals surface area contributed by atoms with Crippen LogP contribution in [0.2, 0.25) is 0 Å². The van der Waals surface area contributed by atoms with Crippen LogP contribution in [0.4, 0.5) is 20.2 Å². The van der Waals surface area contributed by atoms with E-state index in [-0.39, 0.29) is 22.1 Å². The first-order valence-corrected chi connectivity index (χ1v) is 12.9. The molecular formula is C25H18F2N4O3S2. The minimum Gasteiger partial charge on any atom is -0.319 e. The Labute approximate surface area is 209 Å². The van der Waals surface area contributed by atoms with Crippen LogP contribution in [-0.4, -0.2) is 24.1 Å². The summed E-state index contributed by atoms with van der Waals surface area (Å²) in [6.45, 7) is 1.82. The highest BCUT2D eigenvalue weighted by atomic mass is 32.2. The van der Waals surface area contributed by atoms with Gasteiger partial charge in [0.05, 0.1) is 32.5 Å². The molecule has 0 aliphatic carbocycles. The first kappa shape index (κ1) is 23.6. The molecule has 0 aliphatic heterocycles. The summed E-state index contributed by atoms with van der Waals surface area (Å²) in [4.78, 5) is 14.1. The van der Waals surface area contributed by atoms with Gasteiger partial charge in [0.15, 0.2) is 0 Å². The van der Waals surface area contributed by atoms with Crippen molar-refractivity contribution in [2.24, 2.45) is 0 Å². The molecule has 0 unspecified atom stereocenters. The van der Waals surface area contributed by atoms with Gasteiger partial charge < -0.3 is 5.32 Å². The Morgan fingerprint density at radius 1 is 0.917 bits per heavy atom. The fourth-order valence-corrected chi connectivity index (χ4v) is 5.76. The number of halogens is 2. The van der Waals surface area contributed by atoms with Gasteiger partial charge in [-0.15, -0.1) is 11.3 Å². The van der Waals surface area contributed by atoms with Gasteiger partial charge in [-0.1, -0.05) is 12.1 Å². The van der Waals surface area contributed by atoms with Crippen LogP contribution < -0.4 is 10.0 Å². The quantitative estimate of drug-likeness (QED) is 0.297. The lowest BCUT2D eigenvalue weighted by atomic mass is 10.2. The van der Waals surface area contributed by atoms with Crippen LogP contribution in [0.1, 0.15) is 15.4 Å². The van der Waals surface area contributed by atoms with Crippen LogP contribution in [0.25, 0.3) is 15.9 Å². The number of rotatable bonds is 6. The van der Waals surface area contributed by atoms with Gasteiger partial charge in [0.25, 0.3) is 15.9 Å². The molecule has 7 nitrogen and oxygen atoms in total. The van der Waals surface area contributed by atoms with Gasteiger partial charge in [0, 0.05) is 5.39 Å². The van der Waals surface area contributed by atoms with Crippen molar-refractivity contribution in [2.45, 2.75) is 11.8 Å².